The highest BCUT2D eigenvalue weighted by atomic mass is 35.5. The maximum atomic E-state index is 11.4. The van der Waals surface area contributed by atoms with Gasteiger partial charge in [0, 0.05) is 60.9 Å². The van der Waals surface area contributed by atoms with Crippen molar-refractivity contribution in [3.63, 3.8) is 0 Å². The van der Waals surface area contributed by atoms with E-state index in [1.807, 2.05) is 31.3 Å². The number of likely N-dealkylation sites (N-methyl/N-ethyl adjacent to an activating group) is 1. The standard InChI is InChI=1S/C31H43Cl2N7O4/c1-34-6-10-39(12-13-41)11-7-36-21-28(20-35-2)44-30-15-24(14-29(38-30)25-16-26(32)18-27(33)17-25)22-40-8-4-23(5-9-40)19-37-31(42)43-3/h14-18,20-21,23,34,41H,2,4-13,19,22H2,1,3H3,(H,37,42)/b28-20+,36-21?. The fraction of sp³-hybridized carbons (Fsp3) is 0.484. The highest BCUT2D eigenvalue weighted by Crippen LogP contribution is 2.30. The highest BCUT2D eigenvalue weighted by Gasteiger charge is 2.21. The molecule has 3 N–H and O–H groups in total. The van der Waals surface area contributed by atoms with Crippen molar-refractivity contribution in [3.8, 4) is 17.1 Å². The lowest BCUT2D eigenvalue weighted by Crippen LogP contribution is -2.38. The number of benzene rings is 1. The quantitative estimate of drug-likeness (QED) is 0.173. The van der Waals surface area contributed by atoms with Crippen LogP contribution in [-0.4, -0.2) is 112 Å². The van der Waals surface area contributed by atoms with Crippen LogP contribution in [-0.2, 0) is 11.3 Å². The molecule has 0 aliphatic carbocycles. The van der Waals surface area contributed by atoms with Crippen LogP contribution in [0.3, 0.4) is 0 Å². The number of piperidine rings is 1. The first-order valence-corrected chi connectivity index (χ1v) is 15.4. The largest absolute Gasteiger partial charge is 0.453 e. The van der Waals surface area contributed by atoms with E-state index in [-0.39, 0.29) is 6.61 Å². The van der Waals surface area contributed by atoms with Gasteiger partial charge >= 0.3 is 6.09 Å². The van der Waals surface area contributed by atoms with E-state index < -0.39 is 6.09 Å². The lowest BCUT2D eigenvalue weighted by atomic mass is 9.96. The molecule has 11 nitrogen and oxygen atoms in total. The molecule has 1 amide bonds. The second-order valence-electron chi connectivity index (χ2n) is 10.5. The number of halogens is 2. The number of carbonyl (C=O) groups excluding carboxylic acids is 1. The molecule has 2 aromatic rings. The number of methoxy groups -OCH3 is 1. The summed E-state index contributed by atoms with van der Waals surface area (Å²) in [5.41, 5.74) is 2.46. The molecule has 13 heteroatoms. The van der Waals surface area contributed by atoms with E-state index in [1.54, 1.807) is 12.3 Å². The van der Waals surface area contributed by atoms with Gasteiger partial charge in [-0.25, -0.2) is 9.78 Å². The third-order valence-corrected chi connectivity index (χ3v) is 7.59. The summed E-state index contributed by atoms with van der Waals surface area (Å²) < 4.78 is 10.9. The minimum atomic E-state index is -0.399. The molecule has 1 saturated heterocycles. The maximum Gasteiger partial charge on any atom is 0.406 e. The average Bonchev–Trinajstić information content (AvgIpc) is 3.00. The molecule has 1 fully saturated rings. The Morgan fingerprint density at radius 2 is 1.93 bits per heavy atom. The molecule has 240 valence electrons. The lowest BCUT2D eigenvalue weighted by molar-refractivity contribution is 0.155. The normalized spacial score (nSPS) is 14.7. The predicted molar refractivity (Wildman–Crippen MR) is 177 cm³/mol. The van der Waals surface area contributed by atoms with Crippen molar-refractivity contribution in [1.82, 2.24) is 25.4 Å². The van der Waals surface area contributed by atoms with E-state index in [0.29, 0.717) is 66.0 Å². The van der Waals surface area contributed by atoms with E-state index in [1.165, 1.54) is 13.3 Å². The van der Waals surface area contributed by atoms with Gasteiger partial charge in [-0.2, -0.15) is 0 Å². The number of alkyl carbamates (subject to hydrolysis) is 1. The number of ether oxygens (including phenoxy) is 2. The summed E-state index contributed by atoms with van der Waals surface area (Å²) in [4.78, 5) is 29.1. The van der Waals surface area contributed by atoms with Crippen LogP contribution < -0.4 is 15.4 Å². The van der Waals surface area contributed by atoms with Gasteiger partial charge in [0.15, 0.2) is 5.76 Å². The third kappa shape index (κ3) is 12.5. The van der Waals surface area contributed by atoms with Gasteiger partial charge in [-0.05, 0) is 75.4 Å². The maximum absolute atomic E-state index is 11.4. The molecule has 0 spiro atoms. The number of aliphatic imine (C=N–C) groups is 2. The van der Waals surface area contributed by atoms with Crippen LogP contribution >= 0.6 is 23.2 Å². The number of rotatable bonds is 17. The number of allylic oxidation sites excluding steroid dienone is 1. The van der Waals surface area contributed by atoms with Crippen molar-refractivity contribution in [2.75, 3.05) is 73.1 Å². The molecule has 1 aromatic heterocycles. The highest BCUT2D eigenvalue weighted by molar-refractivity contribution is 6.35. The molecule has 44 heavy (non-hydrogen) atoms. The summed E-state index contributed by atoms with van der Waals surface area (Å²) >= 11 is 12.6. The molecule has 3 rings (SSSR count). The summed E-state index contributed by atoms with van der Waals surface area (Å²) in [6.45, 7) is 10.2. The number of carbonyl (C=O) groups is 1. The smallest absolute Gasteiger partial charge is 0.406 e. The van der Waals surface area contributed by atoms with Crippen LogP contribution in [0.4, 0.5) is 4.79 Å². The zero-order valence-electron chi connectivity index (χ0n) is 25.5. The molecular weight excluding hydrogens is 605 g/mol. The number of pyridine rings is 1. The zero-order valence-corrected chi connectivity index (χ0v) is 27.0. The number of nitrogens with zero attached hydrogens (tertiary/aromatic N) is 5. The number of hydrogen-bond acceptors (Lipinski definition) is 10. The molecule has 2 heterocycles. The van der Waals surface area contributed by atoms with E-state index in [2.05, 4.69) is 41.9 Å². The average molecular weight is 649 g/mol. The first kappa shape index (κ1) is 35.4. The van der Waals surface area contributed by atoms with Gasteiger partial charge in [-0.15, -0.1) is 0 Å². The van der Waals surface area contributed by atoms with E-state index >= 15 is 0 Å². The molecule has 1 aromatic carbocycles. The molecule has 1 aliphatic heterocycles. The fourth-order valence-electron chi connectivity index (χ4n) is 4.86. The van der Waals surface area contributed by atoms with Crippen molar-refractivity contribution in [2.24, 2.45) is 15.9 Å². The summed E-state index contributed by atoms with van der Waals surface area (Å²) in [7, 11) is 3.27. The number of aromatic nitrogens is 1. The Hall–Kier alpha value is -3.06. The van der Waals surface area contributed by atoms with Gasteiger partial charge in [-0.1, -0.05) is 23.2 Å². The number of nitrogens with one attached hydrogen (secondary N) is 2. The summed E-state index contributed by atoms with van der Waals surface area (Å²) in [6.07, 6.45) is 4.64. The second kappa shape index (κ2) is 19.4. The Kier molecular flexibility index (Phi) is 15.6. The molecule has 0 unspecified atom stereocenters. The van der Waals surface area contributed by atoms with Crippen molar-refractivity contribution >= 4 is 42.2 Å². The number of hydrogen-bond donors (Lipinski definition) is 3. The number of aliphatic hydroxyl groups is 1. The van der Waals surface area contributed by atoms with Gasteiger partial charge < -0.3 is 25.2 Å². The lowest BCUT2D eigenvalue weighted by Gasteiger charge is -2.32. The fourth-order valence-corrected chi connectivity index (χ4v) is 5.38. The van der Waals surface area contributed by atoms with Gasteiger partial charge in [-0.3, -0.25) is 19.8 Å². The minimum Gasteiger partial charge on any atom is -0.453 e. The van der Waals surface area contributed by atoms with Gasteiger partial charge in [0.25, 0.3) is 0 Å². The molecular formula is C31H43Cl2N7O4. The first-order chi connectivity index (χ1) is 21.3. The molecule has 1 aliphatic rings. The summed E-state index contributed by atoms with van der Waals surface area (Å²) in [5.74, 6) is 1.17. The molecule has 0 saturated carbocycles. The first-order valence-electron chi connectivity index (χ1n) is 14.7. The number of likely N-dealkylation sites (tertiary alicyclic amines) is 1. The van der Waals surface area contributed by atoms with Crippen molar-refractivity contribution in [1.29, 1.82) is 0 Å². The van der Waals surface area contributed by atoms with Crippen LogP contribution in [0.1, 0.15) is 18.4 Å². The molecule has 0 radical (unpaired) electrons. The third-order valence-electron chi connectivity index (χ3n) is 7.15. The Bertz CT molecular complexity index is 1250. The predicted octanol–water partition coefficient (Wildman–Crippen LogP) is 4.13. The minimum absolute atomic E-state index is 0.0921. The second-order valence-corrected chi connectivity index (χ2v) is 11.3. The summed E-state index contributed by atoms with van der Waals surface area (Å²) in [5, 5.41) is 16.3. The van der Waals surface area contributed by atoms with Gasteiger partial charge in [0.2, 0.25) is 5.88 Å². The van der Waals surface area contributed by atoms with Crippen molar-refractivity contribution in [2.45, 2.75) is 19.4 Å². The Morgan fingerprint density at radius 1 is 1.18 bits per heavy atom. The zero-order chi connectivity index (χ0) is 31.7. The van der Waals surface area contributed by atoms with E-state index in [4.69, 9.17) is 32.9 Å². The van der Waals surface area contributed by atoms with Crippen LogP contribution in [0.2, 0.25) is 10.0 Å². The van der Waals surface area contributed by atoms with Gasteiger partial charge in [0.1, 0.15) is 0 Å². The van der Waals surface area contributed by atoms with Crippen LogP contribution in [0, 0.1) is 5.92 Å². The van der Waals surface area contributed by atoms with Crippen LogP contribution in [0.15, 0.2) is 52.3 Å². The van der Waals surface area contributed by atoms with Crippen molar-refractivity contribution < 1.29 is 19.4 Å². The van der Waals surface area contributed by atoms with Gasteiger partial charge in [0.05, 0.1) is 38.4 Å². The van der Waals surface area contributed by atoms with Crippen molar-refractivity contribution in [3.05, 3.63) is 57.9 Å². The Morgan fingerprint density at radius 3 is 2.59 bits per heavy atom. The SMILES string of the molecule is C=N/C=C(\C=NCCN(CCO)CCNC)Oc1cc(CN2CCC(CNC(=O)OC)CC2)cc(-c2cc(Cl)cc(Cl)c2)n1. The molecule has 0 atom stereocenters. The number of aliphatic hydroxyl groups excluding tert-OH is 1. The Balaban J connectivity index is 1.75. The topological polar surface area (TPSA) is 124 Å². The number of amides is 1. The van der Waals surface area contributed by atoms with E-state index in [9.17, 15) is 9.90 Å². The monoisotopic (exact) mass is 647 g/mol. The van der Waals surface area contributed by atoms with E-state index in [0.717, 1.165) is 50.1 Å². The molecule has 0 bridgehead atoms. The Labute approximate surface area is 270 Å². The summed E-state index contributed by atoms with van der Waals surface area (Å²) in [6, 6.07) is 9.24. The van der Waals surface area contributed by atoms with Crippen LogP contribution in [0.5, 0.6) is 5.88 Å². The van der Waals surface area contributed by atoms with Crippen LogP contribution in [0.25, 0.3) is 11.3 Å².